The molecule has 0 saturated carbocycles. The molecule has 0 fully saturated rings. The second-order valence-electron chi connectivity index (χ2n) is 4.41. The van der Waals surface area contributed by atoms with Crippen molar-refractivity contribution in [1.29, 1.82) is 0 Å². The minimum atomic E-state index is -0.202. The van der Waals surface area contributed by atoms with Gasteiger partial charge in [0.2, 0.25) is 5.91 Å². The zero-order valence-corrected chi connectivity index (χ0v) is 12.6. The quantitative estimate of drug-likeness (QED) is 0.734. The largest absolute Gasteiger partial charge is 0.352 e. The predicted octanol–water partition coefficient (Wildman–Crippen LogP) is 1.07. The van der Waals surface area contributed by atoms with Crippen LogP contribution < -0.4 is 16.4 Å². The SMILES string of the molecule is CCNC(=O)c1cccc(CNC(=O)C(C)CN)c1.Cl. The second-order valence-corrected chi connectivity index (χ2v) is 4.41. The molecule has 2 amide bonds. The van der Waals surface area contributed by atoms with Crippen molar-refractivity contribution >= 4 is 24.2 Å². The highest BCUT2D eigenvalue weighted by Gasteiger charge is 2.10. The molecule has 0 aliphatic rings. The van der Waals surface area contributed by atoms with Gasteiger partial charge in [0, 0.05) is 31.1 Å². The lowest BCUT2D eigenvalue weighted by molar-refractivity contribution is -0.124. The Kier molecular flexibility index (Phi) is 8.59. The van der Waals surface area contributed by atoms with Crippen LogP contribution in [0.5, 0.6) is 0 Å². The summed E-state index contributed by atoms with van der Waals surface area (Å²) in [6.45, 7) is 4.96. The van der Waals surface area contributed by atoms with Gasteiger partial charge in [0.1, 0.15) is 0 Å². The zero-order valence-electron chi connectivity index (χ0n) is 11.8. The predicted molar refractivity (Wildman–Crippen MR) is 81.8 cm³/mol. The number of carbonyl (C=O) groups excluding carboxylic acids is 2. The fourth-order valence-electron chi connectivity index (χ4n) is 1.56. The molecule has 1 aromatic carbocycles. The maximum atomic E-state index is 11.7. The van der Waals surface area contributed by atoms with Crippen LogP contribution >= 0.6 is 12.4 Å². The van der Waals surface area contributed by atoms with Gasteiger partial charge >= 0.3 is 0 Å². The van der Waals surface area contributed by atoms with E-state index in [2.05, 4.69) is 10.6 Å². The summed E-state index contributed by atoms with van der Waals surface area (Å²) in [5, 5.41) is 5.54. The Morgan fingerprint density at radius 2 is 2.00 bits per heavy atom. The summed E-state index contributed by atoms with van der Waals surface area (Å²) in [5.41, 5.74) is 6.91. The van der Waals surface area contributed by atoms with Crippen molar-refractivity contribution in [1.82, 2.24) is 10.6 Å². The molecule has 4 N–H and O–H groups in total. The third-order valence-corrected chi connectivity index (χ3v) is 2.79. The summed E-state index contributed by atoms with van der Waals surface area (Å²) in [7, 11) is 0. The van der Waals surface area contributed by atoms with Gasteiger partial charge in [-0.3, -0.25) is 9.59 Å². The molecule has 1 aromatic rings. The molecule has 112 valence electrons. The molecule has 5 nitrogen and oxygen atoms in total. The molecule has 0 bridgehead atoms. The molecule has 0 radical (unpaired) electrons. The van der Waals surface area contributed by atoms with Crippen LogP contribution in [0.3, 0.4) is 0 Å². The number of nitrogens with two attached hydrogens (primary N) is 1. The fraction of sp³-hybridized carbons (Fsp3) is 0.429. The van der Waals surface area contributed by atoms with Crippen molar-refractivity contribution in [2.45, 2.75) is 20.4 Å². The minimum absolute atomic E-state index is 0. The molecule has 1 rings (SSSR count). The first-order chi connectivity index (χ1) is 9.08. The molecule has 0 aromatic heterocycles. The van der Waals surface area contributed by atoms with Crippen molar-refractivity contribution < 1.29 is 9.59 Å². The van der Waals surface area contributed by atoms with Gasteiger partial charge in [0.05, 0.1) is 0 Å². The number of rotatable bonds is 6. The summed E-state index contributed by atoms with van der Waals surface area (Å²) >= 11 is 0. The standard InChI is InChI=1S/C14H21N3O2.ClH/c1-3-16-14(19)12-6-4-5-11(7-12)9-17-13(18)10(2)8-15;/h4-7,10H,3,8-9,15H2,1-2H3,(H,16,19)(H,17,18);1H. The van der Waals surface area contributed by atoms with Crippen LogP contribution in [0.2, 0.25) is 0 Å². The number of nitrogens with one attached hydrogen (secondary N) is 2. The van der Waals surface area contributed by atoms with Crippen molar-refractivity contribution in [3.63, 3.8) is 0 Å². The van der Waals surface area contributed by atoms with E-state index in [1.165, 1.54) is 0 Å². The van der Waals surface area contributed by atoms with E-state index in [1.807, 2.05) is 13.0 Å². The lowest BCUT2D eigenvalue weighted by Crippen LogP contribution is -2.32. The number of halogens is 1. The summed E-state index contributed by atoms with van der Waals surface area (Å²) in [5.74, 6) is -0.386. The smallest absolute Gasteiger partial charge is 0.251 e. The van der Waals surface area contributed by atoms with E-state index in [-0.39, 0.29) is 30.1 Å². The van der Waals surface area contributed by atoms with Crippen molar-refractivity contribution in [3.8, 4) is 0 Å². The van der Waals surface area contributed by atoms with Gasteiger partial charge in [-0.05, 0) is 24.6 Å². The Hall–Kier alpha value is -1.59. The highest BCUT2D eigenvalue weighted by Crippen LogP contribution is 2.05. The van der Waals surface area contributed by atoms with Gasteiger partial charge < -0.3 is 16.4 Å². The Bertz CT molecular complexity index is 452. The Labute approximate surface area is 125 Å². The van der Waals surface area contributed by atoms with Gasteiger partial charge in [-0.1, -0.05) is 19.1 Å². The maximum Gasteiger partial charge on any atom is 0.251 e. The summed E-state index contributed by atoms with van der Waals surface area (Å²) in [4.78, 5) is 23.3. The van der Waals surface area contributed by atoms with Crippen LogP contribution in [0.25, 0.3) is 0 Å². The van der Waals surface area contributed by atoms with E-state index in [1.54, 1.807) is 25.1 Å². The van der Waals surface area contributed by atoms with E-state index in [4.69, 9.17) is 5.73 Å². The van der Waals surface area contributed by atoms with E-state index >= 15 is 0 Å². The van der Waals surface area contributed by atoms with Gasteiger partial charge in [-0.25, -0.2) is 0 Å². The van der Waals surface area contributed by atoms with Crippen LogP contribution in [-0.4, -0.2) is 24.9 Å². The summed E-state index contributed by atoms with van der Waals surface area (Å²) < 4.78 is 0. The number of hydrogen-bond acceptors (Lipinski definition) is 3. The molecular formula is C14H22ClN3O2. The molecule has 0 spiro atoms. The number of benzene rings is 1. The molecule has 1 unspecified atom stereocenters. The average Bonchev–Trinajstić information content (AvgIpc) is 2.44. The molecule has 20 heavy (non-hydrogen) atoms. The first-order valence-corrected chi connectivity index (χ1v) is 6.43. The molecule has 0 aliphatic heterocycles. The van der Waals surface area contributed by atoms with Crippen molar-refractivity contribution in [3.05, 3.63) is 35.4 Å². The summed E-state index contributed by atoms with van der Waals surface area (Å²) in [6.07, 6.45) is 0. The van der Waals surface area contributed by atoms with E-state index in [0.717, 1.165) is 5.56 Å². The first-order valence-electron chi connectivity index (χ1n) is 6.43. The zero-order chi connectivity index (χ0) is 14.3. The summed E-state index contributed by atoms with van der Waals surface area (Å²) in [6, 6.07) is 7.20. The third kappa shape index (κ3) is 5.59. The lowest BCUT2D eigenvalue weighted by atomic mass is 10.1. The van der Waals surface area contributed by atoms with Gasteiger partial charge in [0.25, 0.3) is 5.91 Å². The van der Waals surface area contributed by atoms with Gasteiger partial charge in [0.15, 0.2) is 0 Å². The van der Waals surface area contributed by atoms with Crippen LogP contribution in [0.15, 0.2) is 24.3 Å². The van der Waals surface area contributed by atoms with Crippen LogP contribution in [0.1, 0.15) is 29.8 Å². The third-order valence-electron chi connectivity index (χ3n) is 2.79. The maximum absolute atomic E-state index is 11.7. The molecule has 0 aliphatic carbocycles. The minimum Gasteiger partial charge on any atom is -0.352 e. The Balaban J connectivity index is 0.00000361. The monoisotopic (exact) mass is 299 g/mol. The normalized spacial score (nSPS) is 11.2. The van der Waals surface area contributed by atoms with E-state index < -0.39 is 0 Å². The highest BCUT2D eigenvalue weighted by molar-refractivity contribution is 5.94. The van der Waals surface area contributed by atoms with E-state index in [9.17, 15) is 9.59 Å². The molecule has 0 heterocycles. The molecule has 6 heteroatoms. The average molecular weight is 300 g/mol. The van der Waals surface area contributed by atoms with Crippen molar-refractivity contribution in [2.24, 2.45) is 11.7 Å². The molecule has 1 atom stereocenters. The lowest BCUT2D eigenvalue weighted by Gasteiger charge is -2.10. The Morgan fingerprint density at radius 3 is 2.60 bits per heavy atom. The molecule has 0 saturated heterocycles. The topological polar surface area (TPSA) is 84.2 Å². The fourth-order valence-corrected chi connectivity index (χ4v) is 1.56. The number of amides is 2. The van der Waals surface area contributed by atoms with Crippen LogP contribution in [0, 0.1) is 5.92 Å². The first kappa shape index (κ1) is 18.4. The van der Waals surface area contributed by atoms with Gasteiger partial charge in [-0.15, -0.1) is 12.4 Å². The van der Waals surface area contributed by atoms with Crippen LogP contribution in [-0.2, 0) is 11.3 Å². The highest BCUT2D eigenvalue weighted by atomic mass is 35.5. The number of hydrogen-bond donors (Lipinski definition) is 3. The van der Waals surface area contributed by atoms with Crippen LogP contribution in [0.4, 0.5) is 0 Å². The number of carbonyl (C=O) groups is 2. The second kappa shape index (κ2) is 9.34. The van der Waals surface area contributed by atoms with Gasteiger partial charge in [-0.2, -0.15) is 0 Å². The molecular weight excluding hydrogens is 278 g/mol. The Morgan fingerprint density at radius 1 is 1.30 bits per heavy atom. The van der Waals surface area contributed by atoms with Crippen molar-refractivity contribution in [2.75, 3.05) is 13.1 Å². The van der Waals surface area contributed by atoms with E-state index in [0.29, 0.717) is 25.2 Å².